The summed E-state index contributed by atoms with van der Waals surface area (Å²) in [6, 6.07) is 19.3. The van der Waals surface area contributed by atoms with E-state index in [-0.39, 0.29) is 5.92 Å². The summed E-state index contributed by atoms with van der Waals surface area (Å²) < 4.78 is 7.66. The number of imidazole rings is 2. The number of nitrogens with two attached hydrogens (primary N) is 1. The van der Waals surface area contributed by atoms with Crippen LogP contribution in [0.4, 0.5) is 5.82 Å². The minimum absolute atomic E-state index is 0.202. The number of nitrogens with zero attached hydrogens (tertiary/aromatic N) is 4. The summed E-state index contributed by atoms with van der Waals surface area (Å²) >= 11 is 0. The van der Waals surface area contributed by atoms with Crippen molar-refractivity contribution in [3.63, 3.8) is 0 Å². The standard InChI is InChI=1S/C35H37N7O/c1-20(2)35-41-32(33-34(36)38-19-30(42(33)35)21-9-12-23(37-3)13-10-21)27-15-11-22(25-7-5-6-8-26(25)27)17-31-39-28-16-14-24(43-4)18-29(28)40-31/h5-9,11,14-16,18-20,23,37H,10,12-13,17H2,1-4H3,(H2,36,38)(H,39,40). The van der Waals surface area contributed by atoms with E-state index in [0.29, 0.717) is 18.3 Å². The Morgan fingerprint density at radius 2 is 1.93 bits per heavy atom. The molecule has 0 bridgehead atoms. The fourth-order valence-corrected chi connectivity index (χ4v) is 6.45. The summed E-state index contributed by atoms with van der Waals surface area (Å²) in [6.07, 6.45) is 8.03. The third-order valence-electron chi connectivity index (χ3n) is 8.74. The molecule has 0 radical (unpaired) electrons. The maximum absolute atomic E-state index is 6.66. The van der Waals surface area contributed by atoms with Crippen LogP contribution in [0.2, 0.25) is 0 Å². The molecule has 0 fully saturated rings. The molecule has 0 saturated carbocycles. The first-order valence-electron chi connectivity index (χ1n) is 15.0. The third-order valence-corrected chi connectivity index (χ3v) is 8.74. The number of nitrogens with one attached hydrogen (secondary N) is 2. The first-order valence-corrected chi connectivity index (χ1v) is 15.0. The SMILES string of the molecule is CNC1CC=C(c2cnc(N)c3c(-c4ccc(Cc5nc6ccc(OC)cc6[nH]5)c5ccccc45)nc(C(C)C)n23)CC1. The summed E-state index contributed by atoms with van der Waals surface area (Å²) in [5.41, 5.74) is 14.9. The number of methoxy groups -OCH3 is 1. The lowest BCUT2D eigenvalue weighted by atomic mass is 9.93. The van der Waals surface area contributed by atoms with Crippen LogP contribution in [0.3, 0.4) is 0 Å². The van der Waals surface area contributed by atoms with E-state index in [4.69, 9.17) is 25.4 Å². The minimum Gasteiger partial charge on any atom is -0.497 e. The fourth-order valence-electron chi connectivity index (χ4n) is 6.45. The Morgan fingerprint density at radius 3 is 2.67 bits per heavy atom. The van der Waals surface area contributed by atoms with Crippen LogP contribution in [0.1, 0.15) is 61.9 Å². The first kappa shape index (κ1) is 27.2. The van der Waals surface area contributed by atoms with E-state index in [2.05, 4.69) is 71.0 Å². The Balaban J connectivity index is 1.36. The van der Waals surface area contributed by atoms with Gasteiger partial charge in [0.1, 0.15) is 34.4 Å². The second-order valence-corrected chi connectivity index (χ2v) is 11.7. The van der Waals surface area contributed by atoms with Gasteiger partial charge in [-0.3, -0.25) is 4.40 Å². The Labute approximate surface area is 251 Å². The van der Waals surface area contributed by atoms with Crippen LogP contribution in [-0.4, -0.2) is 44.5 Å². The molecule has 3 aromatic heterocycles. The molecule has 1 atom stereocenters. The number of hydrogen-bond donors (Lipinski definition) is 3. The maximum atomic E-state index is 6.66. The van der Waals surface area contributed by atoms with Crippen molar-refractivity contribution in [1.82, 2.24) is 29.7 Å². The first-order chi connectivity index (χ1) is 20.9. The predicted octanol–water partition coefficient (Wildman–Crippen LogP) is 6.89. The van der Waals surface area contributed by atoms with Gasteiger partial charge in [-0.1, -0.05) is 56.3 Å². The van der Waals surface area contributed by atoms with E-state index in [1.54, 1.807) is 7.11 Å². The monoisotopic (exact) mass is 571 g/mol. The molecule has 0 amide bonds. The Hall–Kier alpha value is -4.69. The lowest BCUT2D eigenvalue weighted by molar-refractivity contribution is 0.415. The Kier molecular flexibility index (Phi) is 6.86. The summed E-state index contributed by atoms with van der Waals surface area (Å²) in [5.74, 6) is 3.41. The molecule has 3 heterocycles. The van der Waals surface area contributed by atoms with Crippen molar-refractivity contribution in [2.45, 2.75) is 51.5 Å². The van der Waals surface area contributed by atoms with E-state index in [9.17, 15) is 0 Å². The number of fused-ring (bicyclic) bond motifs is 3. The molecule has 43 heavy (non-hydrogen) atoms. The minimum atomic E-state index is 0.202. The zero-order valence-electron chi connectivity index (χ0n) is 25.1. The maximum Gasteiger partial charge on any atom is 0.150 e. The number of nitrogen functional groups attached to an aromatic ring is 1. The van der Waals surface area contributed by atoms with Crippen LogP contribution in [0.15, 0.2) is 66.9 Å². The van der Waals surface area contributed by atoms with Gasteiger partial charge in [-0.15, -0.1) is 0 Å². The van der Waals surface area contributed by atoms with Gasteiger partial charge < -0.3 is 20.8 Å². The highest BCUT2D eigenvalue weighted by Gasteiger charge is 2.25. The Bertz CT molecular complexity index is 2020. The number of aromatic amines is 1. The van der Waals surface area contributed by atoms with Gasteiger partial charge in [0.15, 0.2) is 0 Å². The molecular formula is C35H37N7O. The topological polar surface area (TPSA) is 106 Å². The summed E-state index contributed by atoms with van der Waals surface area (Å²) in [5, 5.41) is 5.71. The molecule has 1 aliphatic carbocycles. The quantitative estimate of drug-likeness (QED) is 0.193. The van der Waals surface area contributed by atoms with Crippen LogP contribution >= 0.6 is 0 Å². The molecule has 0 aliphatic heterocycles. The fraction of sp³-hybridized carbons (Fsp3) is 0.286. The van der Waals surface area contributed by atoms with Gasteiger partial charge in [0.2, 0.25) is 0 Å². The van der Waals surface area contributed by atoms with Crippen LogP contribution in [0.5, 0.6) is 5.75 Å². The van der Waals surface area contributed by atoms with E-state index < -0.39 is 0 Å². The van der Waals surface area contributed by atoms with Crippen molar-refractivity contribution in [3.8, 4) is 17.0 Å². The molecular weight excluding hydrogens is 534 g/mol. The van der Waals surface area contributed by atoms with E-state index in [1.165, 1.54) is 16.5 Å². The van der Waals surface area contributed by atoms with Crippen LogP contribution in [0, 0.1) is 0 Å². The zero-order valence-corrected chi connectivity index (χ0v) is 25.1. The number of anilines is 1. The van der Waals surface area contributed by atoms with Crippen molar-refractivity contribution in [2.75, 3.05) is 19.9 Å². The average molecular weight is 572 g/mol. The van der Waals surface area contributed by atoms with Gasteiger partial charge in [0, 0.05) is 30.0 Å². The number of ether oxygens (including phenoxy) is 1. The van der Waals surface area contributed by atoms with Crippen molar-refractivity contribution in [3.05, 3.63) is 89.8 Å². The van der Waals surface area contributed by atoms with Crippen LogP contribution in [-0.2, 0) is 6.42 Å². The summed E-state index contributed by atoms with van der Waals surface area (Å²) in [7, 11) is 3.71. The zero-order chi connectivity index (χ0) is 29.7. The smallest absolute Gasteiger partial charge is 0.150 e. The van der Waals surface area contributed by atoms with Gasteiger partial charge in [-0.25, -0.2) is 15.0 Å². The number of H-pyrrole nitrogens is 1. The molecule has 4 N–H and O–H groups in total. The number of hydrogen-bond acceptors (Lipinski definition) is 6. The molecule has 7 rings (SSSR count). The van der Waals surface area contributed by atoms with E-state index in [0.717, 1.165) is 75.5 Å². The molecule has 0 saturated heterocycles. The highest BCUT2D eigenvalue weighted by Crippen LogP contribution is 2.39. The molecule has 1 aliphatic rings. The largest absolute Gasteiger partial charge is 0.497 e. The molecule has 0 spiro atoms. The number of rotatable bonds is 7. The molecule has 1 unspecified atom stereocenters. The van der Waals surface area contributed by atoms with Gasteiger partial charge in [-0.2, -0.15) is 0 Å². The van der Waals surface area contributed by atoms with Gasteiger partial charge in [0.05, 0.1) is 30.0 Å². The Morgan fingerprint density at radius 1 is 1.09 bits per heavy atom. The molecule has 8 heteroatoms. The van der Waals surface area contributed by atoms with E-state index >= 15 is 0 Å². The lowest BCUT2D eigenvalue weighted by Gasteiger charge is -2.22. The predicted molar refractivity (Wildman–Crippen MR) is 175 cm³/mol. The second kappa shape index (κ2) is 10.9. The van der Waals surface area contributed by atoms with Crippen molar-refractivity contribution in [2.24, 2.45) is 0 Å². The highest BCUT2D eigenvalue weighted by molar-refractivity contribution is 6.02. The summed E-state index contributed by atoms with van der Waals surface area (Å²) in [6.45, 7) is 4.38. The van der Waals surface area contributed by atoms with Gasteiger partial charge in [-0.05, 0) is 60.4 Å². The van der Waals surface area contributed by atoms with Gasteiger partial charge in [0.25, 0.3) is 0 Å². The third kappa shape index (κ3) is 4.72. The highest BCUT2D eigenvalue weighted by atomic mass is 16.5. The average Bonchev–Trinajstić information content (AvgIpc) is 3.63. The number of benzene rings is 3. The van der Waals surface area contributed by atoms with E-state index in [1.807, 2.05) is 31.4 Å². The summed E-state index contributed by atoms with van der Waals surface area (Å²) in [4.78, 5) is 18.3. The molecule has 6 aromatic rings. The van der Waals surface area contributed by atoms with Gasteiger partial charge >= 0.3 is 0 Å². The lowest BCUT2D eigenvalue weighted by Crippen LogP contribution is -2.26. The van der Waals surface area contributed by atoms with Crippen LogP contribution in [0.25, 0.3) is 44.2 Å². The molecule has 3 aromatic carbocycles. The van der Waals surface area contributed by atoms with Crippen LogP contribution < -0.4 is 15.8 Å². The van der Waals surface area contributed by atoms with Crippen molar-refractivity contribution in [1.29, 1.82) is 0 Å². The second-order valence-electron chi connectivity index (χ2n) is 11.7. The molecule has 218 valence electrons. The normalized spacial score (nSPS) is 15.6. The number of aromatic nitrogens is 5. The molecule has 8 nitrogen and oxygen atoms in total. The number of allylic oxidation sites excluding steroid dienone is 1. The van der Waals surface area contributed by atoms with Crippen molar-refractivity contribution >= 4 is 38.7 Å². The van der Waals surface area contributed by atoms with Crippen molar-refractivity contribution < 1.29 is 4.74 Å².